The Kier molecular flexibility index (Phi) is 12.2. The second-order valence-corrected chi connectivity index (χ2v) is 10.6. The molecule has 0 aromatic heterocycles. The van der Waals surface area contributed by atoms with Gasteiger partial charge in [-0.2, -0.15) is 0 Å². The van der Waals surface area contributed by atoms with E-state index in [1.165, 1.54) is 0 Å². The molecule has 3 N–H and O–H groups in total. The Bertz CT molecular complexity index is 1110. The minimum absolute atomic E-state index is 0.0284. The van der Waals surface area contributed by atoms with Crippen molar-refractivity contribution in [2.45, 2.75) is 62.9 Å². The number of hydrogen-bond donors (Lipinski definition) is 3. The Balaban J connectivity index is 1.67. The molecule has 0 spiro atoms. The fourth-order valence-electron chi connectivity index (χ4n) is 5.27. The van der Waals surface area contributed by atoms with Crippen LogP contribution in [0.1, 0.15) is 62.1 Å². The molecular formula is C33H42N2O5. The Morgan fingerprint density at radius 2 is 1.52 bits per heavy atom. The maximum Gasteiger partial charge on any atom is 0.309 e. The minimum Gasteiger partial charge on any atom is -0.463 e. The van der Waals surface area contributed by atoms with Gasteiger partial charge in [-0.05, 0) is 43.2 Å². The number of ether oxygens (including phenoxy) is 1. The van der Waals surface area contributed by atoms with E-state index in [9.17, 15) is 19.5 Å². The summed E-state index contributed by atoms with van der Waals surface area (Å²) in [5.41, 5.74) is 1.22. The Morgan fingerprint density at radius 1 is 0.925 bits per heavy atom. The van der Waals surface area contributed by atoms with E-state index in [0.29, 0.717) is 19.3 Å². The molecule has 214 valence electrons. The van der Waals surface area contributed by atoms with Crippen molar-refractivity contribution < 1.29 is 24.2 Å². The van der Waals surface area contributed by atoms with Crippen LogP contribution in [0.15, 0.2) is 86.0 Å². The summed E-state index contributed by atoms with van der Waals surface area (Å²) in [6.45, 7) is 7.39. The van der Waals surface area contributed by atoms with Gasteiger partial charge < -0.3 is 20.5 Å². The number of amides is 2. The minimum atomic E-state index is -0.650. The van der Waals surface area contributed by atoms with Crippen LogP contribution in [0.25, 0.3) is 0 Å². The molecule has 2 aromatic carbocycles. The van der Waals surface area contributed by atoms with E-state index in [4.69, 9.17) is 4.74 Å². The molecule has 3 atom stereocenters. The average Bonchev–Trinajstić information content (AvgIpc) is 3.44. The number of esters is 1. The molecule has 2 amide bonds. The maximum atomic E-state index is 13.4. The monoisotopic (exact) mass is 546 g/mol. The summed E-state index contributed by atoms with van der Waals surface area (Å²) in [7, 11) is 0. The molecular weight excluding hydrogens is 504 g/mol. The fraction of sp³-hybridized carbons (Fsp3) is 0.424. The lowest BCUT2D eigenvalue weighted by Crippen LogP contribution is -2.50. The number of rotatable bonds is 16. The van der Waals surface area contributed by atoms with Crippen molar-refractivity contribution in [3.05, 3.63) is 97.1 Å². The van der Waals surface area contributed by atoms with Crippen LogP contribution in [0.3, 0.4) is 0 Å². The molecule has 0 radical (unpaired) electrons. The van der Waals surface area contributed by atoms with Crippen LogP contribution in [0.4, 0.5) is 0 Å². The van der Waals surface area contributed by atoms with Crippen molar-refractivity contribution in [1.82, 2.24) is 10.6 Å². The third kappa shape index (κ3) is 9.19. The summed E-state index contributed by atoms with van der Waals surface area (Å²) in [5, 5.41) is 15.8. The van der Waals surface area contributed by atoms with Gasteiger partial charge in [-0.3, -0.25) is 14.4 Å². The lowest BCUT2D eigenvalue weighted by atomic mass is 9.95. The summed E-state index contributed by atoms with van der Waals surface area (Å²) < 4.78 is 5.75. The molecule has 0 bridgehead atoms. The van der Waals surface area contributed by atoms with Gasteiger partial charge in [0.2, 0.25) is 11.8 Å². The number of carbonyl (C=O) groups excluding carboxylic acids is 3. The first-order valence-corrected chi connectivity index (χ1v) is 14.1. The molecule has 3 rings (SSSR count). The van der Waals surface area contributed by atoms with Crippen LogP contribution in [-0.2, 0) is 25.5 Å². The Morgan fingerprint density at radius 3 is 2.12 bits per heavy atom. The van der Waals surface area contributed by atoms with Gasteiger partial charge in [-0.25, -0.2) is 0 Å². The van der Waals surface area contributed by atoms with E-state index in [1.54, 1.807) is 12.2 Å². The first-order valence-electron chi connectivity index (χ1n) is 14.1. The van der Waals surface area contributed by atoms with Crippen molar-refractivity contribution in [3.63, 3.8) is 0 Å². The van der Waals surface area contributed by atoms with Gasteiger partial charge in [0.25, 0.3) is 0 Å². The second kappa shape index (κ2) is 15.8. The van der Waals surface area contributed by atoms with E-state index in [-0.39, 0.29) is 37.4 Å². The molecule has 0 heterocycles. The summed E-state index contributed by atoms with van der Waals surface area (Å²) in [5.74, 6) is -1.99. The number of nitrogens with one attached hydrogen (secondary N) is 2. The van der Waals surface area contributed by atoms with Crippen molar-refractivity contribution >= 4 is 17.8 Å². The summed E-state index contributed by atoms with van der Waals surface area (Å²) in [4.78, 5) is 39.4. The highest BCUT2D eigenvalue weighted by Crippen LogP contribution is 2.29. The third-order valence-electron chi connectivity index (χ3n) is 7.54. The van der Waals surface area contributed by atoms with Crippen molar-refractivity contribution in [3.8, 4) is 0 Å². The van der Waals surface area contributed by atoms with E-state index in [0.717, 1.165) is 36.8 Å². The predicted molar refractivity (Wildman–Crippen MR) is 156 cm³/mol. The summed E-state index contributed by atoms with van der Waals surface area (Å²) in [6, 6.07) is 18.5. The van der Waals surface area contributed by atoms with Gasteiger partial charge in [-0.1, -0.05) is 85.7 Å². The number of aliphatic hydroxyl groups is 1. The molecule has 0 aliphatic heterocycles. The molecule has 0 saturated heterocycles. The number of benzene rings is 2. The van der Waals surface area contributed by atoms with Crippen LogP contribution >= 0.6 is 0 Å². The first-order chi connectivity index (χ1) is 19.4. The largest absolute Gasteiger partial charge is 0.463 e. The number of hydrogen-bond acceptors (Lipinski definition) is 5. The van der Waals surface area contributed by atoms with Crippen LogP contribution in [0.5, 0.6) is 0 Å². The second-order valence-electron chi connectivity index (χ2n) is 10.6. The van der Waals surface area contributed by atoms with Crippen molar-refractivity contribution in [2.75, 3.05) is 13.2 Å². The number of allylic oxidation sites excluding steroid dienone is 2. The highest BCUT2D eigenvalue weighted by Gasteiger charge is 2.35. The van der Waals surface area contributed by atoms with Gasteiger partial charge in [0, 0.05) is 6.42 Å². The topological polar surface area (TPSA) is 105 Å². The van der Waals surface area contributed by atoms with Crippen LogP contribution < -0.4 is 10.6 Å². The zero-order valence-corrected chi connectivity index (χ0v) is 23.2. The fourth-order valence-corrected chi connectivity index (χ4v) is 5.27. The van der Waals surface area contributed by atoms with Gasteiger partial charge in [0.05, 0.1) is 30.0 Å². The van der Waals surface area contributed by atoms with E-state index in [1.807, 2.05) is 60.7 Å². The van der Waals surface area contributed by atoms with Gasteiger partial charge >= 0.3 is 5.97 Å². The van der Waals surface area contributed by atoms with Gasteiger partial charge in [0.15, 0.2) is 0 Å². The summed E-state index contributed by atoms with van der Waals surface area (Å²) >= 11 is 0. The molecule has 7 nitrogen and oxygen atoms in total. The standard InChI is InChI=1S/C33H42N2O5/c1-3-13-27(22-30(37)35-33(24-36)19-11-12-20-33)31(38)34-29(26-17-9-6-10-18-26)23-40-32(39)28(14-4-2)21-25-15-7-5-8-16-25/h3-10,15-18,27-29,36H,1-2,11-14,19-24H2,(H,34,38)(H,35,37)/t27-,28+,29+/m0/s1. The number of carbonyl (C=O) groups is 3. The summed E-state index contributed by atoms with van der Waals surface area (Å²) in [6.07, 6.45) is 7.98. The molecule has 1 aliphatic rings. The molecule has 1 saturated carbocycles. The highest BCUT2D eigenvalue weighted by atomic mass is 16.5. The van der Waals surface area contributed by atoms with Crippen molar-refractivity contribution in [2.24, 2.45) is 11.8 Å². The predicted octanol–water partition coefficient (Wildman–Crippen LogP) is 4.83. The maximum absolute atomic E-state index is 13.4. The van der Waals surface area contributed by atoms with E-state index >= 15 is 0 Å². The zero-order chi connectivity index (χ0) is 28.8. The SMILES string of the molecule is C=CC[C@@H](CC(=O)NC1(CO)CCCC1)C(=O)N[C@H](COC(=O)[C@H](CC=C)Cc1ccccc1)c1ccccc1. The lowest BCUT2D eigenvalue weighted by molar-refractivity contribution is -0.150. The lowest BCUT2D eigenvalue weighted by Gasteiger charge is -2.29. The molecule has 1 fully saturated rings. The van der Waals surface area contributed by atoms with Gasteiger partial charge in [0.1, 0.15) is 6.61 Å². The van der Waals surface area contributed by atoms with Crippen LogP contribution in [-0.4, -0.2) is 41.6 Å². The van der Waals surface area contributed by atoms with Crippen LogP contribution in [0.2, 0.25) is 0 Å². The highest BCUT2D eigenvalue weighted by molar-refractivity contribution is 5.86. The average molecular weight is 547 g/mol. The third-order valence-corrected chi connectivity index (χ3v) is 7.54. The van der Waals surface area contributed by atoms with Crippen molar-refractivity contribution in [1.29, 1.82) is 0 Å². The molecule has 1 aliphatic carbocycles. The quantitative estimate of drug-likeness (QED) is 0.207. The van der Waals surface area contributed by atoms with Gasteiger partial charge in [-0.15, -0.1) is 13.2 Å². The zero-order valence-electron chi connectivity index (χ0n) is 23.2. The Hall–Kier alpha value is -3.71. The van der Waals surface area contributed by atoms with E-state index in [2.05, 4.69) is 23.8 Å². The Labute approximate surface area is 237 Å². The van der Waals surface area contributed by atoms with E-state index < -0.39 is 23.4 Å². The number of aliphatic hydroxyl groups excluding tert-OH is 1. The van der Waals surface area contributed by atoms with Crippen LogP contribution in [0, 0.1) is 11.8 Å². The first kappa shape index (κ1) is 30.8. The smallest absolute Gasteiger partial charge is 0.309 e. The molecule has 0 unspecified atom stereocenters. The normalized spacial score (nSPS) is 16.2. The molecule has 40 heavy (non-hydrogen) atoms. The molecule has 7 heteroatoms. The molecule has 2 aromatic rings.